The lowest BCUT2D eigenvalue weighted by Crippen LogP contribution is -2.35. The minimum absolute atomic E-state index is 0.454. The number of rotatable bonds is 2. The van der Waals surface area contributed by atoms with Crippen LogP contribution < -0.4 is 15.8 Å². The number of halogens is 2. The Hall–Kier alpha value is -2.76. The Morgan fingerprint density at radius 3 is 2.59 bits per heavy atom. The van der Waals surface area contributed by atoms with Crippen molar-refractivity contribution >= 4 is 47.1 Å². The molecule has 5 nitrogen and oxygen atoms in total. The molecule has 0 aliphatic carbocycles. The molecular weight excluding hydrogens is 385 g/mol. The van der Waals surface area contributed by atoms with Crippen LogP contribution in [0.2, 0.25) is 5.02 Å². The van der Waals surface area contributed by atoms with Crippen LogP contribution in [-0.4, -0.2) is 23.0 Å². The van der Waals surface area contributed by atoms with Crippen LogP contribution in [0.4, 0.5) is 0 Å². The minimum Gasteiger partial charge on any atom is -0.436 e. The highest BCUT2D eigenvalue weighted by molar-refractivity contribution is 6.32. The Bertz CT molecular complexity index is 1110. The summed E-state index contributed by atoms with van der Waals surface area (Å²) >= 11 is 13.3. The number of hydrogen-bond donors (Lipinski definition) is 1. The van der Waals surface area contributed by atoms with E-state index in [1.165, 1.54) is 11.3 Å². The molecule has 1 N–H and O–H groups in total. The zero-order chi connectivity index (χ0) is 19.0. The van der Waals surface area contributed by atoms with Gasteiger partial charge >= 0.3 is 5.97 Å². The van der Waals surface area contributed by atoms with Crippen molar-refractivity contribution < 1.29 is 9.53 Å². The molecule has 4 rings (SSSR count). The fourth-order valence-electron chi connectivity index (χ4n) is 3.23. The van der Waals surface area contributed by atoms with Gasteiger partial charge in [0.2, 0.25) is 6.23 Å². The van der Waals surface area contributed by atoms with Gasteiger partial charge in [0, 0.05) is 45.9 Å². The molecule has 0 amide bonds. The van der Waals surface area contributed by atoms with E-state index in [9.17, 15) is 4.79 Å². The van der Waals surface area contributed by atoms with Gasteiger partial charge in [0.15, 0.2) is 0 Å². The van der Waals surface area contributed by atoms with E-state index in [0.717, 1.165) is 21.7 Å². The van der Waals surface area contributed by atoms with Crippen molar-refractivity contribution in [3.05, 3.63) is 81.3 Å². The van der Waals surface area contributed by atoms with Gasteiger partial charge in [0.25, 0.3) is 0 Å². The minimum atomic E-state index is -0.872. The predicted molar refractivity (Wildman–Crippen MR) is 106 cm³/mol. The number of carbonyl (C=O) groups is 1. The largest absolute Gasteiger partial charge is 0.436 e. The fraction of sp³-hybridized carbons (Fsp3) is 0.100. The van der Waals surface area contributed by atoms with Crippen molar-refractivity contribution in [2.75, 3.05) is 0 Å². The number of aliphatic imine (C=N–C) groups is 1. The van der Waals surface area contributed by atoms with Crippen LogP contribution in [0.15, 0.2) is 65.3 Å². The molecule has 0 spiro atoms. The molecule has 2 aromatic carbocycles. The maximum absolute atomic E-state index is 11.8. The van der Waals surface area contributed by atoms with E-state index < -0.39 is 12.2 Å². The summed E-state index contributed by atoms with van der Waals surface area (Å²) in [5, 5.41) is 5.47. The zero-order valence-corrected chi connectivity index (χ0v) is 15.8. The topological polar surface area (TPSA) is 53.9 Å². The van der Waals surface area contributed by atoms with Gasteiger partial charge in [-0.15, -0.1) is 0 Å². The number of ether oxygens (including phenoxy) is 1. The number of esters is 1. The molecule has 2 aromatic rings. The molecule has 1 atom stereocenters. The van der Waals surface area contributed by atoms with Crippen molar-refractivity contribution in [3.8, 4) is 0 Å². The summed E-state index contributed by atoms with van der Waals surface area (Å²) in [6, 6.07) is 15.2. The van der Waals surface area contributed by atoms with Gasteiger partial charge in [-0.1, -0.05) is 54.1 Å². The van der Waals surface area contributed by atoms with E-state index in [1.54, 1.807) is 18.6 Å². The lowest BCUT2D eigenvalue weighted by molar-refractivity contribution is -0.147. The van der Waals surface area contributed by atoms with E-state index in [-0.39, 0.29) is 0 Å². The summed E-state index contributed by atoms with van der Waals surface area (Å²) in [7, 11) is 0. The maximum Gasteiger partial charge on any atom is 0.304 e. The molecule has 136 valence electrons. The molecule has 2 aliphatic heterocycles. The van der Waals surface area contributed by atoms with Gasteiger partial charge in [-0.25, -0.2) is 9.41 Å². The average molecular weight is 400 g/mol. The number of hydrogen-bond acceptors (Lipinski definition) is 5. The quantitative estimate of drug-likeness (QED) is 0.622. The van der Waals surface area contributed by atoms with Gasteiger partial charge in [-0.2, -0.15) is 0 Å². The first kappa shape index (κ1) is 17.6. The third kappa shape index (κ3) is 3.09. The summed E-state index contributed by atoms with van der Waals surface area (Å²) in [4.78, 5) is 15.9. The highest BCUT2D eigenvalue weighted by Crippen LogP contribution is 2.33. The number of nitrogens with one attached hydrogen (secondary N) is 1. The van der Waals surface area contributed by atoms with Gasteiger partial charge < -0.3 is 10.1 Å². The second-order valence-corrected chi connectivity index (χ2v) is 6.80. The normalized spacial score (nSPS) is 18.1. The highest BCUT2D eigenvalue weighted by Gasteiger charge is 2.33. The molecule has 0 aromatic heterocycles. The fourth-order valence-corrected chi connectivity index (χ4v) is 3.78. The third-order valence-electron chi connectivity index (χ3n) is 4.33. The Kier molecular flexibility index (Phi) is 4.64. The van der Waals surface area contributed by atoms with Gasteiger partial charge in [0.05, 0.1) is 23.3 Å². The third-order valence-corrected chi connectivity index (χ3v) is 5.01. The van der Waals surface area contributed by atoms with Crippen molar-refractivity contribution in [2.45, 2.75) is 13.2 Å². The standard InChI is InChI=1S/C20H15Cl2N3O2/c1-12(26)27-20-16-10-23-11-24-18(16)13-6-2-3-7-14(13)19(25(20)22)15-8-4-5-9-17(15)21/h2-11,20H,1H3,(H,23,24). The van der Waals surface area contributed by atoms with E-state index in [4.69, 9.17) is 28.1 Å². The first-order chi connectivity index (χ1) is 13.1. The van der Waals surface area contributed by atoms with E-state index in [0.29, 0.717) is 16.3 Å². The second kappa shape index (κ2) is 7.10. The number of benzene rings is 2. The van der Waals surface area contributed by atoms with E-state index >= 15 is 0 Å². The summed E-state index contributed by atoms with van der Waals surface area (Å²) in [5.41, 5.74) is 2.81. The van der Waals surface area contributed by atoms with Gasteiger partial charge in [-0.05, 0) is 6.07 Å². The summed E-state index contributed by atoms with van der Waals surface area (Å²) in [6.07, 6.45) is 2.35. The van der Waals surface area contributed by atoms with Crippen LogP contribution in [0.25, 0.3) is 11.4 Å². The average Bonchev–Trinajstić information content (AvgIpc) is 2.77. The smallest absolute Gasteiger partial charge is 0.304 e. The number of carbonyl (C=O) groups excluding carboxylic acids is 1. The molecule has 0 saturated heterocycles. The van der Waals surface area contributed by atoms with Crippen LogP contribution in [-0.2, 0) is 9.53 Å². The Balaban J connectivity index is 2.13. The molecule has 1 unspecified atom stereocenters. The van der Waals surface area contributed by atoms with Crippen LogP contribution in [0, 0.1) is 0 Å². The van der Waals surface area contributed by atoms with Crippen LogP contribution in [0.1, 0.15) is 12.5 Å². The molecule has 0 fully saturated rings. The molecule has 0 radical (unpaired) electrons. The first-order valence-corrected chi connectivity index (χ1v) is 8.99. The van der Waals surface area contributed by atoms with Crippen molar-refractivity contribution in [1.82, 2.24) is 9.74 Å². The molecule has 0 saturated carbocycles. The lowest BCUT2D eigenvalue weighted by atomic mass is 10.1. The molecule has 0 bridgehead atoms. The van der Waals surface area contributed by atoms with Crippen molar-refractivity contribution in [3.63, 3.8) is 0 Å². The van der Waals surface area contributed by atoms with Crippen LogP contribution in [0.5, 0.6) is 0 Å². The van der Waals surface area contributed by atoms with Crippen molar-refractivity contribution in [2.24, 2.45) is 4.99 Å². The monoisotopic (exact) mass is 399 g/mol. The zero-order valence-electron chi connectivity index (χ0n) is 14.3. The van der Waals surface area contributed by atoms with Gasteiger partial charge in [0.1, 0.15) is 0 Å². The predicted octanol–water partition coefficient (Wildman–Crippen LogP) is 2.48. The molecule has 2 heterocycles. The summed E-state index contributed by atoms with van der Waals surface area (Å²) in [5.74, 6) is -0.454. The maximum atomic E-state index is 11.8. The number of nitrogens with zero attached hydrogens (tertiary/aromatic N) is 2. The second-order valence-electron chi connectivity index (χ2n) is 6.03. The molecular formula is C20H15Cl2N3O2. The van der Waals surface area contributed by atoms with E-state index in [2.05, 4.69) is 10.3 Å². The summed E-state index contributed by atoms with van der Waals surface area (Å²) < 4.78 is 6.97. The number of fused-ring (bicyclic) bond motifs is 2. The first-order valence-electron chi connectivity index (χ1n) is 8.27. The van der Waals surface area contributed by atoms with Crippen molar-refractivity contribution in [1.29, 1.82) is 0 Å². The van der Waals surface area contributed by atoms with Crippen LogP contribution >= 0.6 is 23.4 Å². The van der Waals surface area contributed by atoms with Gasteiger partial charge in [-0.3, -0.25) is 4.79 Å². The summed E-state index contributed by atoms with van der Waals surface area (Å²) in [6.45, 7) is 1.34. The lowest BCUT2D eigenvalue weighted by Gasteiger charge is -2.30. The Labute approximate surface area is 166 Å². The van der Waals surface area contributed by atoms with Crippen LogP contribution in [0.3, 0.4) is 0 Å². The molecule has 7 heteroatoms. The SMILES string of the molecule is CC(=O)OC1C2=CN=CNC2=c2ccccc2=C(c2ccccc2Cl)N1Cl. The van der Waals surface area contributed by atoms with E-state index in [1.807, 2.05) is 42.5 Å². The Morgan fingerprint density at radius 1 is 1.15 bits per heavy atom. The molecule has 2 aliphatic rings. The highest BCUT2D eigenvalue weighted by atomic mass is 35.5. The molecule has 27 heavy (non-hydrogen) atoms. The Morgan fingerprint density at radius 2 is 1.85 bits per heavy atom.